The normalized spacial score (nSPS) is 38.6. The molecule has 1 saturated heterocycles. The number of sulfone groups is 1. The Morgan fingerprint density at radius 2 is 2.10 bits per heavy atom. The van der Waals surface area contributed by atoms with E-state index in [1.165, 1.54) is 25.7 Å². The van der Waals surface area contributed by atoms with E-state index in [2.05, 4.69) is 5.10 Å². The zero-order valence-electron chi connectivity index (χ0n) is 11.5. The average Bonchev–Trinajstić information content (AvgIpc) is 3.11. The van der Waals surface area contributed by atoms with E-state index in [9.17, 15) is 8.42 Å². The van der Waals surface area contributed by atoms with Crippen LogP contribution >= 0.6 is 0 Å². The third-order valence-electron chi connectivity index (χ3n) is 5.46. The van der Waals surface area contributed by atoms with E-state index < -0.39 is 9.84 Å². The highest BCUT2D eigenvalue weighted by molar-refractivity contribution is 7.91. The Morgan fingerprint density at radius 3 is 2.70 bits per heavy atom. The summed E-state index contributed by atoms with van der Waals surface area (Å²) >= 11 is 0. The number of fused-ring (bicyclic) bond motifs is 2. The Bertz CT molecular complexity index is 637. The summed E-state index contributed by atoms with van der Waals surface area (Å²) in [7, 11) is -2.89. The van der Waals surface area contributed by atoms with Crippen LogP contribution in [0, 0.1) is 11.8 Å². The van der Waals surface area contributed by atoms with E-state index in [0.717, 1.165) is 17.5 Å². The lowest BCUT2D eigenvalue weighted by molar-refractivity contribution is 0.404. The first kappa shape index (κ1) is 12.7. The lowest BCUT2D eigenvalue weighted by Gasteiger charge is -2.19. The molecule has 6 heteroatoms. The number of nitrogens with zero attached hydrogens (tertiary/aromatic N) is 2. The van der Waals surface area contributed by atoms with Crippen LogP contribution < -0.4 is 5.73 Å². The smallest absolute Gasteiger partial charge is 0.152 e. The van der Waals surface area contributed by atoms with Gasteiger partial charge in [-0.1, -0.05) is 6.42 Å². The summed E-state index contributed by atoms with van der Waals surface area (Å²) in [6.45, 7) is 0. The van der Waals surface area contributed by atoms with Gasteiger partial charge in [-0.15, -0.1) is 0 Å². The Balaban J connectivity index is 1.60. The van der Waals surface area contributed by atoms with E-state index in [4.69, 9.17) is 5.73 Å². The van der Waals surface area contributed by atoms with Crippen molar-refractivity contribution in [3.8, 4) is 0 Å². The maximum Gasteiger partial charge on any atom is 0.152 e. The van der Waals surface area contributed by atoms with Gasteiger partial charge in [-0.25, -0.2) is 13.1 Å². The van der Waals surface area contributed by atoms with Crippen LogP contribution in [0.5, 0.6) is 0 Å². The van der Waals surface area contributed by atoms with Gasteiger partial charge in [-0.3, -0.25) is 0 Å². The molecule has 110 valence electrons. The van der Waals surface area contributed by atoms with E-state index >= 15 is 0 Å². The summed E-state index contributed by atoms with van der Waals surface area (Å²) in [6, 6.07) is 1.92. The zero-order valence-corrected chi connectivity index (χ0v) is 12.3. The first-order valence-corrected chi connectivity index (χ1v) is 9.39. The third-order valence-corrected chi connectivity index (χ3v) is 7.21. The van der Waals surface area contributed by atoms with Crippen LogP contribution in [-0.4, -0.2) is 29.7 Å². The molecule has 0 aromatic carbocycles. The van der Waals surface area contributed by atoms with Crippen molar-refractivity contribution < 1.29 is 8.42 Å². The van der Waals surface area contributed by atoms with E-state index in [0.29, 0.717) is 18.2 Å². The molecule has 2 aliphatic carbocycles. The topological polar surface area (TPSA) is 78.0 Å². The molecule has 5 nitrogen and oxygen atoms in total. The van der Waals surface area contributed by atoms with Crippen molar-refractivity contribution in [1.82, 2.24) is 9.78 Å². The molecule has 1 aromatic heterocycles. The summed E-state index contributed by atoms with van der Waals surface area (Å²) in [4.78, 5) is 0. The molecule has 4 atom stereocenters. The zero-order chi connectivity index (χ0) is 13.9. The van der Waals surface area contributed by atoms with Crippen LogP contribution in [0.25, 0.3) is 0 Å². The number of rotatable bonds is 2. The third kappa shape index (κ3) is 1.96. The lowest BCUT2D eigenvalue weighted by atomic mass is 9.86. The van der Waals surface area contributed by atoms with Crippen molar-refractivity contribution in [2.24, 2.45) is 11.8 Å². The molecule has 2 N–H and O–H groups in total. The minimum atomic E-state index is -2.89. The predicted molar refractivity (Wildman–Crippen MR) is 77.1 cm³/mol. The highest BCUT2D eigenvalue weighted by Crippen LogP contribution is 2.52. The van der Waals surface area contributed by atoms with Gasteiger partial charge in [-0.2, -0.15) is 5.10 Å². The maximum absolute atomic E-state index is 11.6. The first-order chi connectivity index (χ1) is 9.52. The highest BCUT2D eigenvalue weighted by Gasteiger charge is 2.42. The minimum absolute atomic E-state index is 0.0626. The van der Waals surface area contributed by atoms with Gasteiger partial charge in [0.25, 0.3) is 0 Å². The molecule has 3 fully saturated rings. The van der Waals surface area contributed by atoms with E-state index in [1.807, 2.05) is 6.07 Å². The van der Waals surface area contributed by atoms with Crippen LogP contribution in [-0.2, 0) is 9.84 Å². The molecule has 3 aliphatic rings. The number of nitrogens with two attached hydrogens (primary N) is 1. The van der Waals surface area contributed by atoms with Crippen molar-refractivity contribution >= 4 is 15.7 Å². The second kappa shape index (κ2) is 4.23. The predicted octanol–water partition coefficient (Wildman–Crippen LogP) is 1.73. The van der Waals surface area contributed by atoms with Gasteiger partial charge >= 0.3 is 0 Å². The Morgan fingerprint density at radius 1 is 1.25 bits per heavy atom. The summed E-state index contributed by atoms with van der Waals surface area (Å²) < 4.78 is 25.0. The van der Waals surface area contributed by atoms with Crippen molar-refractivity contribution in [1.29, 1.82) is 0 Å². The molecule has 2 heterocycles. The van der Waals surface area contributed by atoms with Gasteiger partial charge in [0.05, 0.1) is 23.2 Å². The number of hydrogen-bond acceptors (Lipinski definition) is 4. The molecule has 0 amide bonds. The second-order valence-electron chi connectivity index (χ2n) is 6.78. The summed E-state index contributed by atoms with van der Waals surface area (Å²) in [5.74, 6) is 3.29. The Kier molecular flexibility index (Phi) is 2.68. The molecule has 1 aliphatic heterocycles. The number of hydrogen-bond donors (Lipinski definition) is 1. The molecular weight excluding hydrogens is 274 g/mol. The van der Waals surface area contributed by atoms with E-state index in [1.54, 1.807) is 4.68 Å². The Labute approximate surface area is 119 Å². The van der Waals surface area contributed by atoms with Crippen LogP contribution in [0.15, 0.2) is 6.07 Å². The molecule has 4 unspecified atom stereocenters. The number of anilines is 1. The summed E-state index contributed by atoms with van der Waals surface area (Å²) in [5, 5.41) is 4.69. The van der Waals surface area contributed by atoms with Gasteiger partial charge in [0, 0.05) is 12.0 Å². The molecule has 2 saturated carbocycles. The molecule has 0 spiro atoms. The highest BCUT2D eigenvalue weighted by atomic mass is 32.2. The van der Waals surface area contributed by atoms with Crippen LogP contribution in [0.2, 0.25) is 0 Å². The van der Waals surface area contributed by atoms with Crippen molar-refractivity contribution in [2.45, 2.75) is 44.1 Å². The van der Waals surface area contributed by atoms with Gasteiger partial charge in [-0.05, 0) is 37.5 Å². The fourth-order valence-corrected chi connectivity index (χ4v) is 6.17. The first-order valence-electron chi connectivity index (χ1n) is 7.57. The second-order valence-corrected chi connectivity index (χ2v) is 9.01. The fourth-order valence-electron chi connectivity index (χ4n) is 4.48. The average molecular weight is 295 g/mol. The lowest BCUT2D eigenvalue weighted by Crippen LogP contribution is -2.15. The maximum atomic E-state index is 11.6. The van der Waals surface area contributed by atoms with Crippen LogP contribution in [0.1, 0.15) is 49.8 Å². The molecule has 0 radical (unpaired) electrons. The summed E-state index contributed by atoms with van der Waals surface area (Å²) in [5.41, 5.74) is 7.18. The molecule has 2 bridgehead atoms. The van der Waals surface area contributed by atoms with Crippen molar-refractivity contribution in [3.05, 3.63) is 11.8 Å². The minimum Gasteiger partial charge on any atom is -0.384 e. The van der Waals surface area contributed by atoms with E-state index in [-0.39, 0.29) is 17.5 Å². The van der Waals surface area contributed by atoms with Crippen LogP contribution in [0.4, 0.5) is 5.82 Å². The molecule has 1 aromatic rings. The monoisotopic (exact) mass is 295 g/mol. The molecule has 20 heavy (non-hydrogen) atoms. The fraction of sp³-hybridized carbons (Fsp3) is 0.786. The number of nitrogen functional groups attached to an aromatic ring is 1. The number of aromatic nitrogens is 2. The summed E-state index contributed by atoms with van der Waals surface area (Å²) in [6.07, 6.45) is 5.92. The van der Waals surface area contributed by atoms with Gasteiger partial charge in [0.15, 0.2) is 9.84 Å². The van der Waals surface area contributed by atoms with Crippen molar-refractivity contribution in [2.75, 3.05) is 17.2 Å². The standard InChI is InChI=1S/C14H21N3O2S/c15-14-7-13(12-6-9-1-2-10(12)5-9)16-17(14)11-3-4-20(18,19)8-11/h7,9-12H,1-6,8,15H2. The van der Waals surface area contributed by atoms with Gasteiger partial charge in [0.2, 0.25) is 0 Å². The largest absolute Gasteiger partial charge is 0.384 e. The van der Waals surface area contributed by atoms with Crippen LogP contribution in [0.3, 0.4) is 0 Å². The molecular formula is C14H21N3O2S. The van der Waals surface area contributed by atoms with Crippen molar-refractivity contribution in [3.63, 3.8) is 0 Å². The SMILES string of the molecule is Nc1cc(C2CC3CCC2C3)nn1C1CCS(=O)(=O)C1. The quantitative estimate of drug-likeness (QED) is 0.901. The van der Waals surface area contributed by atoms with Gasteiger partial charge in [0.1, 0.15) is 5.82 Å². The van der Waals surface area contributed by atoms with Gasteiger partial charge < -0.3 is 5.73 Å². The Hall–Kier alpha value is -1.04. The molecule has 4 rings (SSSR count).